The Hall–Kier alpha value is -3.61. The Kier molecular flexibility index (Phi) is 5.21. The molecule has 0 unspecified atom stereocenters. The fourth-order valence-corrected chi connectivity index (χ4v) is 2.93. The molecule has 0 bridgehead atoms. The number of rotatable bonds is 6. The Bertz CT molecular complexity index is 1020. The van der Waals surface area contributed by atoms with Gasteiger partial charge in [0.2, 0.25) is 0 Å². The normalized spacial score (nSPS) is 10.4. The third kappa shape index (κ3) is 3.67. The number of carbonyl (C=O) groups is 1. The lowest BCUT2D eigenvalue weighted by atomic mass is 10.0. The van der Waals surface area contributed by atoms with E-state index in [9.17, 15) is 14.9 Å². The van der Waals surface area contributed by atoms with Gasteiger partial charge in [-0.15, -0.1) is 0 Å². The molecule has 0 saturated heterocycles. The summed E-state index contributed by atoms with van der Waals surface area (Å²) in [7, 11) is 2.91. The van der Waals surface area contributed by atoms with Gasteiger partial charge in [0, 0.05) is 23.7 Å². The SMILES string of the molecule is COc1ccc(C(=O)NCc2c(OC)ccc3ccccc23)cc1[N+](=O)[O-]. The van der Waals surface area contributed by atoms with Gasteiger partial charge in [-0.05, 0) is 29.0 Å². The molecule has 0 aliphatic rings. The largest absolute Gasteiger partial charge is 0.496 e. The van der Waals surface area contributed by atoms with Crippen LogP contribution in [-0.4, -0.2) is 25.1 Å². The maximum atomic E-state index is 12.5. The molecule has 0 saturated carbocycles. The maximum Gasteiger partial charge on any atom is 0.311 e. The second-order valence-electron chi connectivity index (χ2n) is 5.79. The van der Waals surface area contributed by atoms with Crippen LogP contribution >= 0.6 is 0 Å². The van der Waals surface area contributed by atoms with Crippen molar-refractivity contribution in [2.45, 2.75) is 6.54 Å². The van der Waals surface area contributed by atoms with Gasteiger partial charge >= 0.3 is 5.69 Å². The minimum atomic E-state index is -0.580. The lowest BCUT2D eigenvalue weighted by molar-refractivity contribution is -0.385. The molecule has 27 heavy (non-hydrogen) atoms. The van der Waals surface area contributed by atoms with E-state index in [2.05, 4.69) is 5.32 Å². The number of nitrogens with zero attached hydrogens (tertiary/aromatic N) is 1. The number of nitro benzene ring substituents is 1. The predicted molar refractivity (Wildman–Crippen MR) is 101 cm³/mol. The van der Waals surface area contributed by atoms with E-state index in [-0.39, 0.29) is 23.5 Å². The van der Waals surface area contributed by atoms with Gasteiger partial charge in [-0.25, -0.2) is 0 Å². The van der Waals surface area contributed by atoms with Crippen molar-refractivity contribution < 1.29 is 19.2 Å². The molecule has 3 aromatic carbocycles. The molecule has 0 radical (unpaired) electrons. The molecule has 3 rings (SSSR count). The Labute approximate surface area is 155 Å². The molecule has 7 heteroatoms. The average Bonchev–Trinajstić information content (AvgIpc) is 2.70. The fraction of sp³-hybridized carbons (Fsp3) is 0.150. The Morgan fingerprint density at radius 3 is 2.44 bits per heavy atom. The number of fused-ring (bicyclic) bond motifs is 1. The summed E-state index contributed by atoms with van der Waals surface area (Å²) in [5, 5.41) is 15.9. The van der Waals surface area contributed by atoms with E-state index in [0.29, 0.717) is 5.75 Å². The predicted octanol–water partition coefficient (Wildman–Crippen LogP) is 3.70. The van der Waals surface area contributed by atoms with Crippen molar-refractivity contribution in [2.75, 3.05) is 14.2 Å². The summed E-state index contributed by atoms with van der Waals surface area (Å²) in [5.41, 5.74) is 0.765. The van der Waals surface area contributed by atoms with E-state index in [4.69, 9.17) is 9.47 Å². The number of ether oxygens (including phenoxy) is 2. The quantitative estimate of drug-likeness (QED) is 0.531. The van der Waals surface area contributed by atoms with Gasteiger partial charge in [-0.3, -0.25) is 14.9 Å². The van der Waals surface area contributed by atoms with Crippen molar-refractivity contribution in [3.63, 3.8) is 0 Å². The fourth-order valence-electron chi connectivity index (χ4n) is 2.93. The summed E-state index contributed by atoms with van der Waals surface area (Å²) in [6.07, 6.45) is 0. The minimum Gasteiger partial charge on any atom is -0.496 e. The first-order valence-corrected chi connectivity index (χ1v) is 8.20. The van der Waals surface area contributed by atoms with Gasteiger partial charge in [0.1, 0.15) is 5.75 Å². The molecular weight excluding hydrogens is 348 g/mol. The average molecular weight is 366 g/mol. The van der Waals surface area contributed by atoms with E-state index in [1.54, 1.807) is 7.11 Å². The van der Waals surface area contributed by atoms with Crippen LogP contribution < -0.4 is 14.8 Å². The molecule has 0 aliphatic carbocycles. The third-order valence-electron chi connectivity index (χ3n) is 4.28. The van der Waals surface area contributed by atoms with Crippen molar-refractivity contribution in [3.8, 4) is 11.5 Å². The van der Waals surface area contributed by atoms with Crippen LogP contribution in [0.5, 0.6) is 11.5 Å². The van der Waals surface area contributed by atoms with E-state index in [0.717, 1.165) is 16.3 Å². The Morgan fingerprint density at radius 2 is 1.74 bits per heavy atom. The molecule has 0 aromatic heterocycles. The van der Waals surface area contributed by atoms with Gasteiger partial charge in [0.25, 0.3) is 5.91 Å². The number of nitro groups is 1. The van der Waals surface area contributed by atoms with Crippen LogP contribution in [0.15, 0.2) is 54.6 Å². The lowest BCUT2D eigenvalue weighted by Gasteiger charge is -2.13. The number of methoxy groups -OCH3 is 2. The number of nitrogens with one attached hydrogen (secondary N) is 1. The summed E-state index contributed by atoms with van der Waals surface area (Å²) in [5.74, 6) is 0.345. The highest BCUT2D eigenvalue weighted by molar-refractivity contribution is 5.96. The molecule has 138 valence electrons. The lowest BCUT2D eigenvalue weighted by Crippen LogP contribution is -2.23. The van der Waals surface area contributed by atoms with Crippen LogP contribution in [0.2, 0.25) is 0 Å². The van der Waals surface area contributed by atoms with Crippen LogP contribution in [0.25, 0.3) is 10.8 Å². The number of carbonyl (C=O) groups excluding carboxylic acids is 1. The number of hydrogen-bond donors (Lipinski definition) is 1. The molecule has 0 fully saturated rings. The first kappa shape index (κ1) is 18.2. The number of amides is 1. The first-order valence-electron chi connectivity index (χ1n) is 8.20. The second-order valence-corrected chi connectivity index (χ2v) is 5.79. The van der Waals surface area contributed by atoms with Gasteiger partial charge < -0.3 is 14.8 Å². The van der Waals surface area contributed by atoms with E-state index < -0.39 is 10.8 Å². The molecule has 1 N–H and O–H groups in total. The zero-order valence-corrected chi connectivity index (χ0v) is 14.9. The topological polar surface area (TPSA) is 90.7 Å². The molecular formula is C20H18N2O5. The maximum absolute atomic E-state index is 12.5. The molecule has 1 amide bonds. The Morgan fingerprint density at radius 1 is 1.04 bits per heavy atom. The van der Waals surface area contributed by atoms with Crippen molar-refractivity contribution >= 4 is 22.4 Å². The Balaban J connectivity index is 1.87. The van der Waals surface area contributed by atoms with E-state index in [1.807, 2.05) is 36.4 Å². The molecule has 0 aliphatic heterocycles. The third-order valence-corrected chi connectivity index (χ3v) is 4.28. The molecule has 7 nitrogen and oxygen atoms in total. The number of benzene rings is 3. The van der Waals surface area contributed by atoms with E-state index in [1.165, 1.54) is 25.3 Å². The molecule has 0 atom stereocenters. The molecule has 3 aromatic rings. The summed E-state index contributed by atoms with van der Waals surface area (Å²) in [6.45, 7) is 0.225. The smallest absolute Gasteiger partial charge is 0.311 e. The van der Waals surface area contributed by atoms with Crippen molar-refractivity contribution in [3.05, 3.63) is 75.8 Å². The van der Waals surface area contributed by atoms with Crippen LogP contribution in [-0.2, 0) is 6.54 Å². The molecule has 0 spiro atoms. The van der Waals surface area contributed by atoms with Crippen LogP contribution in [0, 0.1) is 10.1 Å². The monoisotopic (exact) mass is 366 g/mol. The second kappa shape index (κ2) is 7.74. The highest BCUT2D eigenvalue weighted by atomic mass is 16.6. The van der Waals surface area contributed by atoms with Gasteiger partial charge in [-0.2, -0.15) is 0 Å². The summed E-state index contributed by atoms with van der Waals surface area (Å²) in [6, 6.07) is 15.7. The summed E-state index contributed by atoms with van der Waals surface area (Å²) in [4.78, 5) is 23.1. The standard InChI is InChI=1S/C20H18N2O5/c1-26-18-9-7-13-5-3-4-6-15(13)16(18)12-21-20(23)14-8-10-19(27-2)17(11-14)22(24)25/h3-11H,12H2,1-2H3,(H,21,23). The van der Waals surface area contributed by atoms with E-state index >= 15 is 0 Å². The van der Waals surface area contributed by atoms with Crippen molar-refractivity contribution in [1.82, 2.24) is 5.32 Å². The highest BCUT2D eigenvalue weighted by Gasteiger charge is 2.18. The first-order chi connectivity index (χ1) is 13.0. The van der Waals surface area contributed by atoms with Gasteiger partial charge in [0.05, 0.1) is 19.1 Å². The summed E-state index contributed by atoms with van der Waals surface area (Å²) < 4.78 is 10.4. The zero-order valence-electron chi connectivity index (χ0n) is 14.9. The highest BCUT2D eigenvalue weighted by Crippen LogP contribution is 2.29. The van der Waals surface area contributed by atoms with Crippen LogP contribution in [0.3, 0.4) is 0 Å². The molecule has 0 heterocycles. The van der Waals surface area contributed by atoms with Gasteiger partial charge in [-0.1, -0.05) is 30.3 Å². The number of hydrogen-bond acceptors (Lipinski definition) is 5. The van der Waals surface area contributed by atoms with Crippen LogP contribution in [0.4, 0.5) is 5.69 Å². The van der Waals surface area contributed by atoms with Gasteiger partial charge in [0.15, 0.2) is 5.75 Å². The zero-order chi connectivity index (χ0) is 19.4. The van der Waals surface area contributed by atoms with Crippen molar-refractivity contribution in [1.29, 1.82) is 0 Å². The van der Waals surface area contributed by atoms with Crippen molar-refractivity contribution in [2.24, 2.45) is 0 Å². The minimum absolute atomic E-state index is 0.104. The summed E-state index contributed by atoms with van der Waals surface area (Å²) >= 11 is 0. The van der Waals surface area contributed by atoms with Crippen LogP contribution in [0.1, 0.15) is 15.9 Å².